The van der Waals surface area contributed by atoms with Crippen LogP contribution in [0, 0.1) is 5.41 Å². The SMILES string of the molecule is CCc1ccccc1OC(=O)C(C)(C)CC. The summed E-state index contributed by atoms with van der Waals surface area (Å²) in [5.74, 6) is 0.535. The van der Waals surface area contributed by atoms with E-state index in [1.54, 1.807) is 0 Å². The standard InChI is InChI=1S/C14H20O2/c1-5-11-9-7-8-10-12(11)16-13(15)14(3,4)6-2/h7-10H,5-6H2,1-4H3. The highest BCUT2D eigenvalue weighted by atomic mass is 16.5. The zero-order chi connectivity index (χ0) is 12.2. The van der Waals surface area contributed by atoms with Crippen LogP contribution in [0.2, 0.25) is 0 Å². The third-order valence-corrected chi connectivity index (χ3v) is 2.99. The lowest BCUT2D eigenvalue weighted by molar-refractivity contribution is -0.144. The molecule has 88 valence electrons. The number of aryl methyl sites for hydroxylation is 1. The second-order valence-corrected chi connectivity index (χ2v) is 4.59. The summed E-state index contributed by atoms with van der Waals surface area (Å²) in [6, 6.07) is 7.69. The molecule has 0 aromatic heterocycles. The van der Waals surface area contributed by atoms with Crippen LogP contribution < -0.4 is 4.74 Å². The molecular formula is C14H20O2. The fourth-order valence-electron chi connectivity index (χ4n) is 1.28. The van der Waals surface area contributed by atoms with E-state index in [-0.39, 0.29) is 5.97 Å². The number of ether oxygens (including phenoxy) is 1. The van der Waals surface area contributed by atoms with Gasteiger partial charge in [-0.25, -0.2) is 0 Å². The van der Waals surface area contributed by atoms with Gasteiger partial charge in [0.15, 0.2) is 0 Å². The van der Waals surface area contributed by atoms with Crippen molar-refractivity contribution < 1.29 is 9.53 Å². The third-order valence-electron chi connectivity index (χ3n) is 2.99. The minimum absolute atomic E-state index is 0.157. The van der Waals surface area contributed by atoms with Crippen LogP contribution in [0.25, 0.3) is 0 Å². The van der Waals surface area contributed by atoms with Crippen LogP contribution in [0.1, 0.15) is 39.7 Å². The van der Waals surface area contributed by atoms with Gasteiger partial charge < -0.3 is 4.74 Å². The molecule has 0 saturated heterocycles. The van der Waals surface area contributed by atoms with E-state index in [2.05, 4.69) is 6.92 Å². The Morgan fingerprint density at radius 1 is 1.25 bits per heavy atom. The summed E-state index contributed by atoms with van der Waals surface area (Å²) in [5, 5.41) is 0. The molecule has 2 heteroatoms. The summed E-state index contributed by atoms with van der Waals surface area (Å²) in [4.78, 5) is 11.9. The number of carbonyl (C=O) groups is 1. The molecule has 0 aliphatic carbocycles. The highest BCUT2D eigenvalue weighted by Crippen LogP contribution is 2.25. The fraction of sp³-hybridized carbons (Fsp3) is 0.500. The smallest absolute Gasteiger partial charge is 0.316 e. The number of rotatable bonds is 4. The quantitative estimate of drug-likeness (QED) is 0.572. The van der Waals surface area contributed by atoms with E-state index < -0.39 is 5.41 Å². The van der Waals surface area contributed by atoms with Crippen molar-refractivity contribution in [3.05, 3.63) is 29.8 Å². The maximum atomic E-state index is 11.9. The summed E-state index contributed by atoms with van der Waals surface area (Å²) < 4.78 is 5.45. The van der Waals surface area contributed by atoms with Crippen molar-refractivity contribution in [1.82, 2.24) is 0 Å². The topological polar surface area (TPSA) is 26.3 Å². The lowest BCUT2D eigenvalue weighted by Gasteiger charge is -2.20. The first-order chi connectivity index (χ1) is 7.51. The van der Waals surface area contributed by atoms with Gasteiger partial charge in [-0.1, -0.05) is 32.0 Å². The predicted molar refractivity (Wildman–Crippen MR) is 65.5 cm³/mol. The highest BCUT2D eigenvalue weighted by Gasteiger charge is 2.27. The monoisotopic (exact) mass is 220 g/mol. The predicted octanol–water partition coefficient (Wildman–Crippen LogP) is 3.59. The molecule has 1 rings (SSSR count). The maximum Gasteiger partial charge on any atom is 0.316 e. The minimum Gasteiger partial charge on any atom is -0.426 e. The molecule has 0 unspecified atom stereocenters. The van der Waals surface area contributed by atoms with Gasteiger partial charge in [-0.3, -0.25) is 4.79 Å². The lowest BCUT2D eigenvalue weighted by Crippen LogP contribution is -2.28. The lowest BCUT2D eigenvalue weighted by atomic mass is 9.90. The molecule has 0 aliphatic heterocycles. The average Bonchev–Trinajstić information content (AvgIpc) is 2.29. The van der Waals surface area contributed by atoms with Gasteiger partial charge in [-0.05, 0) is 38.3 Å². The molecule has 0 radical (unpaired) electrons. The van der Waals surface area contributed by atoms with E-state index in [1.165, 1.54) is 0 Å². The number of hydrogen-bond donors (Lipinski definition) is 0. The molecule has 0 spiro atoms. The van der Waals surface area contributed by atoms with E-state index in [0.717, 1.165) is 18.4 Å². The van der Waals surface area contributed by atoms with E-state index >= 15 is 0 Å². The third kappa shape index (κ3) is 2.84. The number of esters is 1. The van der Waals surface area contributed by atoms with Crippen molar-refractivity contribution >= 4 is 5.97 Å². The Labute approximate surface area is 97.6 Å². The first kappa shape index (κ1) is 12.8. The zero-order valence-corrected chi connectivity index (χ0v) is 10.5. The summed E-state index contributed by atoms with van der Waals surface area (Å²) in [6.45, 7) is 7.86. The van der Waals surface area contributed by atoms with Crippen LogP contribution >= 0.6 is 0 Å². The molecule has 0 amide bonds. The van der Waals surface area contributed by atoms with Crippen LogP contribution in [0.3, 0.4) is 0 Å². The van der Waals surface area contributed by atoms with Crippen molar-refractivity contribution in [3.63, 3.8) is 0 Å². The highest BCUT2D eigenvalue weighted by molar-refractivity contribution is 5.78. The molecule has 2 nitrogen and oxygen atoms in total. The van der Waals surface area contributed by atoms with Gasteiger partial charge in [0.2, 0.25) is 0 Å². The molecule has 0 heterocycles. The van der Waals surface area contributed by atoms with Crippen LogP contribution in [0.15, 0.2) is 24.3 Å². The van der Waals surface area contributed by atoms with Crippen LogP contribution in [-0.2, 0) is 11.2 Å². The summed E-state index contributed by atoms with van der Waals surface area (Å²) in [5.41, 5.74) is 0.656. The molecule has 1 aromatic carbocycles. The number of benzene rings is 1. The van der Waals surface area contributed by atoms with Gasteiger partial charge in [0.25, 0.3) is 0 Å². The average molecular weight is 220 g/mol. The zero-order valence-electron chi connectivity index (χ0n) is 10.5. The molecular weight excluding hydrogens is 200 g/mol. The van der Waals surface area contributed by atoms with Gasteiger partial charge in [0.05, 0.1) is 5.41 Å². The molecule has 1 aromatic rings. The number of hydrogen-bond acceptors (Lipinski definition) is 2. The van der Waals surface area contributed by atoms with Gasteiger partial charge >= 0.3 is 5.97 Å². The van der Waals surface area contributed by atoms with Crippen molar-refractivity contribution in [2.24, 2.45) is 5.41 Å². The van der Waals surface area contributed by atoms with Gasteiger partial charge in [0.1, 0.15) is 5.75 Å². The molecule has 0 fully saturated rings. The molecule has 0 aliphatic rings. The fourth-order valence-corrected chi connectivity index (χ4v) is 1.28. The van der Waals surface area contributed by atoms with Crippen molar-refractivity contribution in [2.45, 2.75) is 40.5 Å². The second-order valence-electron chi connectivity index (χ2n) is 4.59. The Morgan fingerprint density at radius 2 is 1.88 bits per heavy atom. The first-order valence-corrected chi connectivity index (χ1v) is 5.81. The Hall–Kier alpha value is -1.31. The first-order valence-electron chi connectivity index (χ1n) is 5.81. The number of carbonyl (C=O) groups excluding carboxylic acids is 1. The van der Waals surface area contributed by atoms with Crippen molar-refractivity contribution in [3.8, 4) is 5.75 Å². The van der Waals surface area contributed by atoms with Gasteiger partial charge in [-0.2, -0.15) is 0 Å². The van der Waals surface area contributed by atoms with E-state index in [9.17, 15) is 4.79 Å². The van der Waals surface area contributed by atoms with Crippen LogP contribution in [-0.4, -0.2) is 5.97 Å². The second kappa shape index (κ2) is 5.15. The molecule has 0 saturated carbocycles. The number of para-hydroxylation sites is 1. The molecule has 16 heavy (non-hydrogen) atoms. The van der Waals surface area contributed by atoms with E-state index in [1.807, 2.05) is 45.0 Å². The Bertz CT molecular complexity index is 367. The Kier molecular flexibility index (Phi) is 4.11. The van der Waals surface area contributed by atoms with E-state index in [4.69, 9.17) is 4.74 Å². The maximum absolute atomic E-state index is 11.9. The summed E-state index contributed by atoms with van der Waals surface area (Å²) >= 11 is 0. The van der Waals surface area contributed by atoms with Crippen LogP contribution in [0.4, 0.5) is 0 Å². The van der Waals surface area contributed by atoms with Crippen molar-refractivity contribution in [2.75, 3.05) is 0 Å². The van der Waals surface area contributed by atoms with Crippen LogP contribution in [0.5, 0.6) is 5.75 Å². The summed E-state index contributed by atoms with van der Waals surface area (Å²) in [7, 11) is 0. The van der Waals surface area contributed by atoms with E-state index in [0.29, 0.717) is 5.75 Å². The largest absolute Gasteiger partial charge is 0.426 e. The molecule has 0 bridgehead atoms. The van der Waals surface area contributed by atoms with Gasteiger partial charge in [-0.15, -0.1) is 0 Å². The Morgan fingerprint density at radius 3 is 2.44 bits per heavy atom. The minimum atomic E-state index is -0.416. The normalized spacial score (nSPS) is 11.2. The summed E-state index contributed by atoms with van der Waals surface area (Å²) in [6.07, 6.45) is 1.65. The molecule has 0 atom stereocenters. The Balaban J connectivity index is 2.85. The van der Waals surface area contributed by atoms with Gasteiger partial charge in [0, 0.05) is 0 Å². The van der Waals surface area contributed by atoms with Crippen molar-refractivity contribution in [1.29, 1.82) is 0 Å². The molecule has 0 N–H and O–H groups in total.